The SMILES string of the molecule is CCC1CCN(c2cccc3c(Oc4ncccc4-c4ccnc(NC5CCCN(C(=O)OC(C)(C)C)C5)n4)c(C)ccc23)C1=O. The lowest BCUT2D eigenvalue weighted by atomic mass is 10.0. The van der Waals surface area contributed by atoms with E-state index in [4.69, 9.17) is 14.5 Å². The minimum Gasteiger partial charge on any atom is -0.444 e. The number of pyridine rings is 1. The highest BCUT2D eigenvalue weighted by Gasteiger charge is 2.32. The van der Waals surface area contributed by atoms with Gasteiger partial charge in [0.15, 0.2) is 0 Å². The summed E-state index contributed by atoms with van der Waals surface area (Å²) < 4.78 is 12.2. The van der Waals surface area contributed by atoms with Gasteiger partial charge in [-0.25, -0.2) is 19.7 Å². The molecule has 1 N–H and O–H groups in total. The van der Waals surface area contributed by atoms with Crippen molar-refractivity contribution in [2.75, 3.05) is 29.9 Å². The predicted molar refractivity (Wildman–Crippen MR) is 179 cm³/mol. The van der Waals surface area contributed by atoms with Crippen LogP contribution in [0.2, 0.25) is 0 Å². The monoisotopic (exact) mass is 622 g/mol. The van der Waals surface area contributed by atoms with E-state index in [-0.39, 0.29) is 24.0 Å². The number of anilines is 2. The minimum atomic E-state index is -0.545. The van der Waals surface area contributed by atoms with Crippen molar-refractivity contribution in [2.45, 2.75) is 71.9 Å². The Morgan fingerprint density at radius 3 is 2.63 bits per heavy atom. The van der Waals surface area contributed by atoms with E-state index in [2.05, 4.69) is 28.3 Å². The van der Waals surface area contributed by atoms with Gasteiger partial charge in [-0.2, -0.15) is 0 Å². The number of likely N-dealkylation sites (tertiary alicyclic amines) is 1. The third-order valence-corrected chi connectivity index (χ3v) is 8.59. The number of amides is 2. The molecule has 0 saturated carbocycles. The number of hydrogen-bond acceptors (Lipinski definition) is 8. The Morgan fingerprint density at radius 1 is 1.00 bits per heavy atom. The lowest BCUT2D eigenvalue weighted by molar-refractivity contribution is -0.120. The van der Waals surface area contributed by atoms with Gasteiger partial charge in [0.05, 0.1) is 16.9 Å². The Hall–Kier alpha value is -4.73. The molecule has 46 heavy (non-hydrogen) atoms. The zero-order valence-corrected chi connectivity index (χ0v) is 27.2. The molecule has 10 heteroatoms. The number of fused-ring (bicyclic) bond motifs is 1. The average molecular weight is 623 g/mol. The van der Waals surface area contributed by atoms with Gasteiger partial charge < -0.3 is 24.6 Å². The van der Waals surface area contributed by atoms with Crippen LogP contribution in [0.25, 0.3) is 22.0 Å². The van der Waals surface area contributed by atoms with Gasteiger partial charge in [0, 0.05) is 54.8 Å². The second kappa shape index (κ2) is 12.9. The second-order valence-corrected chi connectivity index (χ2v) is 13.1. The van der Waals surface area contributed by atoms with Crippen LogP contribution in [-0.4, -0.2) is 63.1 Å². The largest absolute Gasteiger partial charge is 0.444 e. The van der Waals surface area contributed by atoms with Crippen molar-refractivity contribution in [1.29, 1.82) is 0 Å². The maximum atomic E-state index is 13.1. The Bertz CT molecular complexity index is 1750. The first-order chi connectivity index (χ1) is 22.1. The van der Waals surface area contributed by atoms with Crippen LogP contribution in [0.15, 0.2) is 60.9 Å². The number of carbonyl (C=O) groups excluding carboxylic acids is 2. The van der Waals surface area contributed by atoms with Crippen LogP contribution in [0.5, 0.6) is 11.6 Å². The summed E-state index contributed by atoms with van der Waals surface area (Å²) in [5, 5.41) is 5.30. The summed E-state index contributed by atoms with van der Waals surface area (Å²) in [6, 6.07) is 15.7. The minimum absolute atomic E-state index is 0.0104. The highest BCUT2D eigenvalue weighted by Crippen LogP contribution is 2.40. The van der Waals surface area contributed by atoms with Crippen molar-refractivity contribution in [3.05, 3.63) is 66.5 Å². The summed E-state index contributed by atoms with van der Waals surface area (Å²) in [7, 11) is 0. The molecule has 2 aliphatic rings. The topological polar surface area (TPSA) is 110 Å². The Morgan fingerprint density at radius 2 is 1.85 bits per heavy atom. The highest BCUT2D eigenvalue weighted by atomic mass is 16.6. The first-order valence-electron chi connectivity index (χ1n) is 16.2. The highest BCUT2D eigenvalue weighted by molar-refractivity contribution is 6.07. The smallest absolute Gasteiger partial charge is 0.410 e. The number of piperidine rings is 1. The van der Waals surface area contributed by atoms with Crippen molar-refractivity contribution < 1.29 is 19.1 Å². The van der Waals surface area contributed by atoms with Gasteiger partial charge in [-0.15, -0.1) is 0 Å². The maximum Gasteiger partial charge on any atom is 0.410 e. The Balaban J connectivity index is 1.25. The third-order valence-electron chi connectivity index (χ3n) is 8.59. The second-order valence-electron chi connectivity index (χ2n) is 13.1. The molecule has 2 saturated heterocycles. The van der Waals surface area contributed by atoms with E-state index in [0.717, 1.165) is 59.8 Å². The summed E-state index contributed by atoms with van der Waals surface area (Å²) >= 11 is 0. The van der Waals surface area contributed by atoms with E-state index in [1.54, 1.807) is 17.3 Å². The standard InChI is InChI=1S/C36H42N6O4/c1-6-24-17-21-42(33(24)43)30-13-7-11-27-26(30)15-14-23(2)31(27)45-32-28(12-8-18-37-32)29-16-19-38-34(40-29)39-25-10-9-20-41(22-25)35(44)46-36(3,4)5/h7-8,11-16,18-19,24-25H,6,9-10,17,20-22H2,1-5H3,(H,38,39,40). The van der Waals surface area contributed by atoms with Crippen LogP contribution in [0.1, 0.15) is 58.9 Å². The van der Waals surface area contributed by atoms with E-state index in [9.17, 15) is 9.59 Å². The van der Waals surface area contributed by atoms with Gasteiger partial charge in [-0.3, -0.25) is 4.79 Å². The molecule has 2 amide bonds. The van der Waals surface area contributed by atoms with Crippen LogP contribution in [0.3, 0.4) is 0 Å². The van der Waals surface area contributed by atoms with E-state index >= 15 is 0 Å². The van der Waals surface area contributed by atoms with Gasteiger partial charge >= 0.3 is 6.09 Å². The average Bonchev–Trinajstić information content (AvgIpc) is 3.41. The van der Waals surface area contributed by atoms with Gasteiger partial charge in [0.2, 0.25) is 17.7 Å². The van der Waals surface area contributed by atoms with Gasteiger partial charge in [-0.1, -0.05) is 31.2 Å². The fourth-order valence-electron chi connectivity index (χ4n) is 6.26. The summed E-state index contributed by atoms with van der Waals surface area (Å²) in [4.78, 5) is 43.4. The molecule has 2 aromatic carbocycles. The molecule has 2 unspecified atom stereocenters. The Labute approximate surface area is 270 Å². The van der Waals surface area contributed by atoms with E-state index in [1.165, 1.54) is 0 Å². The molecule has 4 heterocycles. The number of aromatic nitrogens is 3. The zero-order chi connectivity index (χ0) is 32.4. The molecule has 0 spiro atoms. The molecule has 0 aliphatic carbocycles. The molecule has 4 aromatic rings. The third kappa shape index (κ3) is 6.61. The lowest BCUT2D eigenvalue weighted by Gasteiger charge is -2.34. The van der Waals surface area contributed by atoms with E-state index < -0.39 is 5.60 Å². The van der Waals surface area contributed by atoms with Gasteiger partial charge in [0.1, 0.15) is 11.4 Å². The van der Waals surface area contributed by atoms with Gasteiger partial charge in [0.25, 0.3) is 0 Å². The van der Waals surface area contributed by atoms with Crippen molar-refractivity contribution in [3.8, 4) is 22.9 Å². The molecule has 0 bridgehead atoms. The van der Waals surface area contributed by atoms with Crippen molar-refractivity contribution in [3.63, 3.8) is 0 Å². The van der Waals surface area contributed by atoms with Crippen molar-refractivity contribution in [2.24, 2.45) is 5.92 Å². The first kappa shape index (κ1) is 31.3. The summed E-state index contributed by atoms with van der Waals surface area (Å²) in [6.07, 6.45) is 6.57. The van der Waals surface area contributed by atoms with Crippen LogP contribution in [0, 0.1) is 12.8 Å². The number of benzene rings is 2. The summed E-state index contributed by atoms with van der Waals surface area (Å²) in [5.41, 5.74) is 2.70. The number of nitrogens with one attached hydrogen (secondary N) is 1. The quantitative estimate of drug-likeness (QED) is 0.228. The van der Waals surface area contributed by atoms with Crippen LogP contribution in [-0.2, 0) is 9.53 Å². The molecule has 10 nitrogen and oxygen atoms in total. The van der Waals surface area contributed by atoms with Crippen LogP contribution in [0.4, 0.5) is 16.4 Å². The lowest BCUT2D eigenvalue weighted by Crippen LogP contribution is -2.47. The molecular formula is C36H42N6O4. The zero-order valence-electron chi connectivity index (χ0n) is 27.2. The number of ether oxygens (including phenoxy) is 2. The van der Waals surface area contributed by atoms with E-state index in [1.807, 2.05) is 75.1 Å². The molecule has 2 fully saturated rings. The summed E-state index contributed by atoms with van der Waals surface area (Å²) in [6.45, 7) is 11.6. The molecule has 2 aliphatic heterocycles. The van der Waals surface area contributed by atoms with Crippen LogP contribution >= 0.6 is 0 Å². The molecular weight excluding hydrogens is 580 g/mol. The number of rotatable bonds is 7. The maximum absolute atomic E-state index is 13.1. The number of carbonyl (C=O) groups is 2. The molecule has 240 valence electrons. The normalized spacial score (nSPS) is 18.6. The van der Waals surface area contributed by atoms with E-state index in [0.29, 0.717) is 36.4 Å². The van der Waals surface area contributed by atoms with Gasteiger partial charge in [-0.05, 0) is 83.2 Å². The van der Waals surface area contributed by atoms with Crippen molar-refractivity contribution in [1.82, 2.24) is 19.9 Å². The fourth-order valence-corrected chi connectivity index (χ4v) is 6.26. The molecule has 6 rings (SSSR count). The summed E-state index contributed by atoms with van der Waals surface area (Å²) in [5.74, 6) is 1.83. The molecule has 0 radical (unpaired) electrons. The number of hydrogen-bond donors (Lipinski definition) is 1. The fraction of sp³-hybridized carbons (Fsp3) is 0.417. The molecule has 2 atom stereocenters. The molecule has 2 aromatic heterocycles. The first-order valence-corrected chi connectivity index (χ1v) is 16.2. The van der Waals surface area contributed by atoms with Crippen LogP contribution < -0.4 is 15.0 Å². The number of nitrogens with zero attached hydrogens (tertiary/aromatic N) is 5. The Kier molecular flexibility index (Phi) is 8.80. The number of aryl methyl sites for hydroxylation is 1. The van der Waals surface area contributed by atoms with Crippen molar-refractivity contribution >= 4 is 34.4 Å². The predicted octanol–water partition coefficient (Wildman–Crippen LogP) is 7.37.